The van der Waals surface area contributed by atoms with Crippen molar-refractivity contribution in [1.29, 1.82) is 0 Å². The molecule has 1 aromatic rings. The number of hydrogen-bond acceptors (Lipinski definition) is 4. The first-order chi connectivity index (χ1) is 14.0. The predicted octanol–water partition coefficient (Wildman–Crippen LogP) is 1.14. The minimum Gasteiger partial charge on any atom is -0.332 e. The van der Waals surface area contributed by atoms with E-state index in [0.717, 1.165) is 26.1 Å². The Morgan fingerprint density at radius 1 is 1.00 bits per heavy atom. The van der Waals surface area contributed by atoms with Gasteiger partial charge in [0.2, 0.25) is 17.7 Å². The van der Waals surface area contributed by atoms with E-state index in [1.54, 1.807) is 7.05 Å². The summed E-state index contributed by atoms with van der Waals surface area (Å²) in [5.41, 5.74) is 0.644. The van der Waals surface area contributed by atoms with Crippen molar-refractivity contribution < 1.29 is 14.4 Å². The molecule has 3 amide bonds. The molecule has 150 valence electrons. The molecule has 6 heteroatoms. The molecule has 4 bridgehead atoms. The van der Waals surface area contributed by atoms with Crippen LogP contribution < -0.4 is 0 Å². The third kappa shape index (κ3) is 2.13. The Kier molecular flexibility index (Phi) is 3.47. The highest BCUT2D eigenvalue weighted by atomic mass is 16.2. The summed E-state index contributed by atoms with van der Waals surface area (Å²) >= 11 is 0. The van der Waals surface area contributed by atoms with E-state index in [2.05, 4.69) is 35.2 Å². The van der Waals surface area contributed by atoms with Gasteiger partial charge in [0.15, 0.2) is 0 Å². The van der Waals surface area contributed by atoms with Gasteiger partial charge in [0.05, 0.1) is 23.3 Å². The zero-order valence-corrected chi connectivity index (χ0v) is 16.5. The fourth-order valence-corrected chi connectivity index (χ4v) is 6.89. The zero-order valence-electron chi connectivity index (χ0n) is 16.5. The normalized spacial score (nSPS) is 40.4. The predicted molar refractivity (Wildman–Crippen MR) is 105 cm³/mol. The molecular weight excluding hydrogens is 366 g/mol. The lowest BCUT2D eigenvalue weighted by atomic mass is 9.54. The quantitative estimate of drug-likeness (QED) is 0.560. The van der Waals surface area contributed by atoms with Crippen LogP contribution in [0, 0.1) is 29.6 Å². The molecule has 1 aromatic carbocycles. The van der Waals surface area contributed by atoms with Crippen LogP contribution in [0.15, 0.2) is 42.5 Å². The second-order valence-electron chi connectivity index (χ2n) is 9.44. The number of imide groups is 1. The van der Waals surface area contributed by atoms with Crippen LogP contribution in [0.5, 0.6) is 0 Å². The highest BCUT2D eigenvalue weighted by molar-refractivity contribution is 6.10. The van der Waals surface area contributed by atoms with E-state index in [4.69, 9.17) is 0 Å². The SMILES string of the molecule is CN1C(=O)[C@@H]2[C@@H]3C=C[C@]4([C@H]5C[C@@H](CN(Cc6ccccc6)C5)CN4C3=O)[C@@H]2C1=O. The van der Waals surface area contributed by atoms with Crippen molar-refractivity contribution in [3.8, 4) is 0 Å². The Morgan fingerprint density at radius 3 is 2.59 bits per heavy atom. The van der Waals surface area contributed by atoms with E-state index in [0.29, 0.717) is 12.5 Å². The lowest BCUT2D eigenvalue weighted by Crippen LogP contribution is -2.75. The fraction of sp³-hybridized carbons (Fsp3) is 0.522. The molecule has 1 spiro atoms. The highest BCUT2D eigenvalue weighted by Gasteiger charge is 2.71. The summed E-state index contributed by atoms with van der Waals surface area (Å²) in [6.45, 7) is 3.39. The minimum absolute atomic E-state index is 0.0522. The first-order valence-electron chi connectivity index (χ1n) is 10.6. The van der Waals surface area contributed by atoms with Crippen LogP contribution in [0.3, 0.4) is 0 Å². The summed E-state index contributed by atoms with van der Waals surface area (Å²) in [6.07, 6.45) is 5.07. The van der Waals surface area contributed by atoms with E-state index in [1.165, 1.54) is 10.5 Å². The Morgan fingerprint density at radius 2 is 1.79 bits per heavy atom. The van der Waals surface area contributed by atoms with Gasteiger partial charge in [-0.15, -0.1) is 0 Å². The topological polar surface area (TPSA) is 60.9 Å². The van der Waals surface area contributed by atoms with Gasteiger partial charge in [0.25, 0.3) is 0 Å². The van der Waals surface area contributed by atoms with E-state index < -0.39 is 23.3 Å². The summed E-state index contributed by atoms with van der Waals surface area (Å²) in [7, 11) is 1.57. The fourth-order valence-electron chi connectivity index (χ4n) is 6.89. The lowest BCUT2D eigenvalue weighted by Gasteiger charge is -2.64. The number of fused-ring (bicyclic) bond motifs is 2. The summed E-state index contributed by atoms with van der Waals surface area (Å²) in [4.78, 5) is 45.0. The third-order valence-corrected chi connectivity index (χ3v) is 8.00. The molecule has 4 fully saturated rings. The monoisotopic (exact) mass is 391 g/mol. The Bertz CT molecular complexity index is 944. The van der Waals surface area contributed by atoms with Crippen LogP contribution in [0.25, 0.3) is 0 Å². The number of amides is 3. The second kappa shape index (κ2) is 5.79. The molecule has 7 rings (SSSR count). The Hall–Kier alpha value is -2.47. The zero-order chi connectivity index (χ0) is 19.9. The van der Waals surface area contributed by atoms with Crippen molar-refractivity contribution in [2.75, 3.05) is 26.7 Å². The summed E-state index contributed by atoms with van der Waals surface area (Å²) < 4.78 is 0. The Balaban J connectivity index is 1.39. The van der Waals surface area contributed by atoms with Crippen molar-refractivity contribution >= 4 is 17.7 Å². The number of likely N-dealkylation sites (tertiary alicyclic amines) is 2. The van der Waals surface area contributed by atoms with Crippen molar-refractivity contribution in [2.24, 2.45) is 29.6 Å². The average Bonchev–Trinajstić information content (AvgIpc) is 2.96. The smallest absolute Gasteiger partial charge is 0.235 e. The minimum atomic E-state index is -0.639. The van der Waals surface area contributed by atoms with Gasteiger partial charge in [-0.25, -0.2) is 0 Å². The second-order valence-corrected chi connectivity index (χ2v) is 9.44. The molecule has 0 saturated carbocycles. The number of piperidine rings is 3. The Labute approximate surface area is 170 Å². The number of rotatable bonds is 2. The molecule has 29 heavy (non-hydrogen) atoms. The van der Waals surface area contributed by atoms with E-state index in [-0.39, 0.29) is 23.6 Å². The third-order valence-electron chi connectivity index (χ3n) is 8.00. The van der Waals surface area contributed by atoms with Crippen LogP contribution in [0.2, 0.25) is 0 Å². The van der Waals surface area contributed by atoms with E-state index >= 15 is 0 Å². The largest absolute Gasteiger partial charge is 0.332 e. The maximum Gasteiger partial charge on any atom is 0.235 e. The molecule has 0 aromatic heterocycles. The van der Waals surface area contributed by atoms with Gasteiger partial charge >= 0.3 is 0 Å². The first-order valence-corrected chi connectivity index (χ1v) is 10.6. The molecule has 4 saturated heterocycles. The van der Waals surface area contributed by atoms with E-state index in [1.807, 2.05) is 17.0 Å². The highest BCUT2D eigenvalue weighted by Crippen LogP contribution is 2.58. The molecule has 0 unspecified atom stereocenters. The molecule has 6 atom stereocenters. The van der Waals surface area contributed by atoms with Crippen molar-refractivity contribution in [3.05, 3.63) is 48.0 Å². The lowest BCUT2D eigenvalue weighted by molar-refractivity contribution is -0.177. The van der Waals surface area contributed by atoms with E-state index in [9.17, 15) is 14.4 Å². The summed E-state index contributed by atoms with van der Waals surface area (Å²) in [6, 6.07) is 10.4. The molecule has 6 nitrogen and oxygen atoms in total. The van der Waals surface area contributed by atoms with Gasteiger partial charge in [-0.1, -0.05) is 42.5 Å². The van der Waals surface area contributed by atoms with Crippen LogP contribution >= 0.6 is 0 Å². The van der Waals surface area contributed by atoms with Gasteiger partial charge in [-0.3, -0.25) is 24.2 Å². The number of benzene rings is 1. The number of carbonyl (C=O) groups excluding carboxylic acids is 3. The van der Waals surface area contributed by atoms with Crippen molar-refractivity contribution in [1.82, 2.24) is 14.7 Å². The number of hydrogen-bond donors (Lipinski definition) is 0. The van der Waals surface area contributed by atoms with Gasteiger partial charge in [0.1, 0.15) is 0 Å². The average molecular weight is 391 g/mol. The molecule has 5 heterocycles. The van der Waals surface area contributed by atoms with Crippen LogP contribution in [0.1, 0.15) is 12.0 Å². The molecule has 0 radical (unpaired) electrons. The molecule has 6 aliphatic rings. The van der Waals surface area contributed by atoms with Gasteiger partial charge in [0, 0.05) is 33.2 Å². The molecular formula is C23H25N3O3. The first kappa shape index (κ1) is 17.4. The van der Waals surface area contributed by atoms with Crippen molar-refractivity contribution in [2.45, 2.75) is 18.5 Å². The van der Waals surface area contributed by atoms with Crippen LogP contribution in [0.4, 0.5) is 0 Å². The van der Waals surface area contributed by atoms with Gasteiger partial charge in [-0.2, -0.15) is 0 Å². The molecule has 1 aliphatic carbocycles. The standard InChI is InChI=1S/C23H25N3O3/c1-24-21(28)18-17-7-8-23(19(18)22(24)29)16-9-15(12-26(23)20(17)27)11-25(13-16)10-14-5-3-2-4-6-14/h2-8,15-19H,9-13H2,1H3/t15-,16-,17-,18+,19-,23-/m0/s1. The number of carbonyl (C=O) groups is 3. The van der Waals surface area contributed by atoms with Crippen LogP contribution in [-0.2, 0) is 20.9 Å². The van der Waals surface area contributed by atoms with Gasteiger partial charge in [-0.05, 0) is 23.8 Å². The summed E-state index contributed by atoms with van der Waals surface area (Å²) in [5.74, 6) is -1.04. The number of nitrogens with zero attached hydrogens (tertiary/aromatic N) is 3. The maximum atomic E-state index is 13.3. The van der Waals surface area contributed by atoms with Crippen molar-refractivity contribution in [3.63, 3.8) is 0 Å². The van der Waals surface area contributed by atoms with Crippen LogP contribution in [-0.4, -0.2) is 64.6 Å². The summed E-state index contributed by atoms with van der Waals surface area (Å²) in [5, 5.41) is 0. The maximum absolute atomic E-state index is 13.3. The molecule has 5 aliphatic heterocycles. The van der Waals surface area contributed by atoms with Gasteiger partial charge < -0.3 is 4.90 Å². The molecule has 0 N–H and O–H groups in total.